The van der Waals surface area contributed by atoms with Gasteiger partial charge < -0.3 is 13.7 Å². The zero-order valence-electron chi connectivity index (χ0n) is 14.7. The summed E-state index contributed by atoms with van der Waals surface area (Å²) >= 11 is 0. The molecular formula is C17H21N5O3. The Balaban J connectivity index is 1.40. The zero-order valence-corrected chi connectivity index (χ0v) is 14.7. The summed E-state index contributed by atoms with van der Waals surface area (Å²) in [6.07, 6.45) is 0. The molecule has 0 unspecified atom stereocenters. The number of anilines is 1. The van der Waals surface area contributed by atoms with Gasteiger partial charge in [-0.3, -0.25) is 4.90 Å². The number of hydrogen-bond acceptors (Lipinski definition) is 8. The molecule has 0 radical (unpaired) electrons. The topological polar surface area (TPSA) is 84.6 Å². The Morgan fingerprint density at radius 1 is 1.00 bits per heavy atom. The standard InChI is InChI=1S/C17H21N5O3/c1-11-4-5-15(23-11)17-18-14(13(3)24-17)10-21-6-8-22(9-7-21)16-12(2)19-25-20-16/h4-5H,6-10H2,1-3H3. The summed E-state index contributed by atoms with van der Waals surface area (Å²) < 4.78 is 16.2. The number of hydrogen-bond donors (Lipinski definition) is 0. The highest BCUT2D eigenvalue weighted by molar-refractivity contribution is 5.45. The lowest BCUT2D eigenvalue weighted by molar-refractivity contribution is 0.243. The molecule has 25 heavy (non-hydrogen) atoms. The third kappa shape index (κ3) is 3.17. The maximum atomic E-state index is 5.78. The first-order chi connectivity index (χ1) is 12.1. The van der Waals surface area contributed by atoms with Crippen LogP contribution in [0.5, 0.6) is 0 Å². The van der Waals surface area contributed by atoms with E-state index in [2.05, 4.69) is 25.1 Å². The number of piperazine rings is 1. The van der Waals surface area contributed by atoms with Crippen molar-refractivity contribution in [3.63, 3.8) is 0 Å². The van der Waals surface area contributed by atoms with Crippen molar-refractivity contribution < 1.29 is 13.5 Å². The van der Waals surface area contributed by atoms with Gasteiger partial charge in [0.05, 0.1) is 5.69 Å². The van der Waals surface area contributed by atoms with Gasteiger partial charge in [-0.15, -0.1) is 0 Å². The van der Waals surface area contributed by atoms with Gasteiger partial charge in [-0.25, -0.2) is 9.61 Å². The van der Waals surface area contributed by atoms with Crippen LogP contribution in [0.3, 0.4) is 0 Å². The molecular weight excluding hydrogens is 322 g/mol. The molecule has 0 N–H and O–H groups in total. The van der Waals surface area contributed by atoms with Crippen molar-refractivity contribution in [2.24, 2.45) is 0 Å². The van der Waals surface area contributed by atoms with Crippen molar-refractivity contribution in [3.05, 3.63) is 35.0 Å². The van der Waals surface area contributed by atoms with E-state index in [9.17, 15) is 0 Å². The van der Waals surface area contributed by atoms with E-state index in [0.29, 0.717) is 11.7 Å². The number of oxazole rings is 1. The van der Waals surface area contributed by atoms with Gasteiger partial charge in [-0.2, -0.15) is 0 Å². The van der Waals surface area contributed by atoms with Gasteiger partial charge in [-0.1, -0.05) is 5.16 Å². The predicted molar refractivity (Wildman–Crippen MR) is 90.2 cm³/mol. The Morgan fingerprint density at radius 2 is 1.80 bits per heavy atom. The molecule has 0 amide bonds. The summed E-state index contributed by atoms with van der Waals surface area (Å²) in [7, 11) is 0. The molecule has 8 nitrogen and oxygen atoms in total. The largest absolute Gasteiger partial charge is 0.456 e. The molecule has 3 aromatic rings. The molecule has 3 aromatic heterocycles. The summed E-state index contributed by atoms with van der Waals surface area (Å²) in [6.45, 7) is 10.1. The second-order valence-corrected chi connectivity index (χ2v) is 6.37. The molecule has 0 aromatic carbocycles. The van der Waals surface area contributed by atoms with E-state index in [-0.39, 0.29) is 0 Å². The molecule has 4 rings (SSSR count). The molecule has 1 aliphatic rings. The smallest absolute Gasteiger partial charge is 0.263 e. The highest BCUT2D eigenvalue weighted by atomic mass is 16.6. The van der Waals surface area contributed by atoms with Crippen LogP contribution in [0.2, 0.25) is 0 Å². The molecule has 0 bridgehead atoms. The van der Waals surface area contributed by atoms with Crippen molar-refractivity contribution >= 4 is 5.82 Å². The summed E-state index contributed by atoms with van der Waals surface area (Å²) in [5.74, 6) is 3.74. The van der Waals surface area contributed by atoms with Crippen LogP contribution in [0, 0.1) is 20.8 Å². The fourth-order valence-electron chi connectivity index (χ4n) is 3.07. The highest BCUT2D eigenvalue weighted by Gasteiger charge is 2.23. The molecule has 0 saturated carbocycles. The minimum absolute atomic E-state index is 0.545. The predicted octanol–water partition coefficient (Wildman–Crippen LogP) is 2.57. The normalized spacial score (nSPS) is 15.9. The monoisotopic (exact) mass is 343 g/mol. The number of aromatic nitrogens is 3. The molecule has 0 atom stereocenters. The highest BCUT2D eigenvalue weighted by Crippen LogP contribution is 2.25. The molecule has 0 spiro atoms. The maximum Gasteiger partial charge on any atom is 0.263 e. The van der Waals surface area contributed by atoms with Crippen LogP contribution in [0.25, 0.3) is 11.7 Å². The average molecular weight is 343 g/mol. The second kappa shape index (κ2) is 6.36. The average Bonchev–Trinajstić information content (AvgIpc) is 3.30. The van der Waals surface area contributed by atoms with Gasteiger partial charge in [0.15, 0.2) is 11.6 Å². The van der Waals surface area contributed by atoms with E-state index in [1.807, 2.05) is 32.9 Å². The summed E-state index contributed by atoms with van der Waals surface area (Å²) in [6, 6.07) is 3.80. The lowest BCUT2D eigenvalue weighted by Crippen LogP contribution is -2.46. The molecule has 1 fully saturated rings. The Morgan fingerprint density at radius 3 is 2.44 bits per heavy atom. The molecule has 0 aliphatic carbocycles. The van der Waals surface area contributed by atoms with E-state index in [1.54, 1.807) is 0 Å². The minimum Gasteiger partial charge on any atom is -0.456 e. The Hall–Kier alpha value is -2.61. The fourth-order valence-corrected chi connectivity index (χ4v) is 3.07. The lowest BCUT2D eigenvalue weighted by Gasteiger charge is -2.34. The third-order valence-electron chi connectivity index (χ3n) is 4.52. The van der Waals surface area contributed by atoms with E-state index >= 15 is 0 Å². The SMILES string of the molecule is Cc1ccc(-c2nc(CN3CCN(c4nonc4C)CC3)c(C)o2)o1. The number of aryl methyl sites for hydroxylation is 3. The van der Waals surface area contributed by atoms with Gasteiger partial charge in [0.25, 0.3) is 5.89 Å². The van der Waals surface area contributed by atoms with Crippen LogP contribution < -0.4 is 4.90 Å². The van der Waals surface area contributed by atoms with Gasteiger partial charge in [0, 0.05) is 32.7 Å². The van der Waals surface area contributed by atoms with Crippen LogP contribution in [0.4, 0.5) is 5.82 Å². The Bertz CT molecular complexity index is 857. The fraction of sp³-hybridized carbons (Fsp3) is 0.471. The van der Waals surface area contributed by atoms with Crippen LogP contribution in [0.1, 0.15) is 22.9 Å². The molecule has 8 heteroatoms. The summed E-state index contributed by atoms with van der Waals surface area (Å²) in [4.78, 5) is 9.18. The first kappa shape index (κ1) is 15.9. The van der Waals surface area contributed by atoms with Gasteiger partial charge in [-0.05, 0) is 38.1 Å². The van der Waals surface area contributed by atoms with Gasteiger partial charge in [0.2, 0.25) is 0 Å². The molecule has 132 valence electrons. The first-order valence-electron chi connectivity index (χ1n) is 8.40. The van der Waals surface area contributed by atoms with Crippen molar-refractivity contribution in [1.29, 1.82) is 0 Å². The molecule has 4 heterocycles. The molecule has 1 aliphatic heterocycles. The molecule has 1 saturated heterocycles. The number of furan rings is 1. The van der Waals surface area contributed by atoms with E-state index < -0.39 is 0 Å². The van der Waals surface area contributed by atoms with E-state index in [4.69, 9.17) is 13.5 Å². The third-order valence-corrected chi connectivity index (χ3v) is 4.52. The second-order valence-electron chi connectivity index (χ2n) is 6.37. The summed E-state index contributed by atoms with van der Waals surface area (Å²) in [5, 5.41) is 7.84. The Kier molecular flexibility index (Phi) is 4.04. The van der Waals surface area contributed by atoms with Crippen molar-refractivity contribution in [2.45, 2.75) is 27.3 Å². The van der Waals surface area contributed by atoms with Crippen molar-refractivity contribution in [1.82, 2.24) is 20.2 Å². The minimum atomic E-state index is 0.545. The first-order valence-corrected chi connectivity index (χ1v) is 8.40. The maximum absolute atomic E-state index is 5.78. The van der Waals surface area contributed by atoms with Gasteiger partial charge >= 0.3 is 0 Å². The van der Waals surface area contributed by atoms with E-state index in [1.165, 1.54) is 0 Å². The lowest BCUT2D eigenvalue weighted by atomic mass is 10.2. The quantitative estimate of drug-likeness (QED) is 0.714. The van der Waals surface area contributed by atoms with Crippen molar-refractivity contribution in [3.8, 4) is 11.7 Å². The van der Waals surface area contributed by atoms with Crippen LogP contribution >= 0.6 is 0 Å². The van der Waals surface area contributed by atoms with Crippen molar-refractivity contribution in [2.75, 3.05) is 31.1 Å². The van der Waals surface area contributed by atoms with Crippen LogP contribution in [0.15, 0.2) is 25.6 Å². The van der Waals surface area contributed by atoms with Gasteiger partial charge in [0.1, 0.15) is 17.2 Å². The van der Waals surface area contributed by atoms with Crippen LogP contribution in [-0.4, -0.2) is 46.4 Å². The Labute approximate surface area is 145 Å². The van der Waals surface area contributed by atoms with E-state index in [0.717, 1.165) is 61.4 Å². The number of rotatable bonds is 4. The van der Waals surface area contributed by atoms with Crippen LogP contribution in [-0.2, 0) is 6.54 Å². The zero-order chi connectivity index (χ0) is 17.4. The number of nitrogens with zero attached hydrogens (tertiary/aromatic N) is 5. The summed E-state index contributed by atoms with van der Waals surface area (Å²) in [5.41, 5.74) is 1.79.